The second kappa shape index (κ2) is 4.58. The molecule has 2 aromatic rings. The largest absolute Gasteiger partial charge is 0.371 e. The Morgan fingerprint density at radius 2 is 2.11 bits per heavy atom. The Morgan fingerprint density at radius 3 is 2.78 bits per heavy atom. The molecular formula is C15H19N3. The average Bonchev–Trinajstić information content (AvgIpc) is 2.35. The SMILES string of the molecule is CN(c1c(CN)cnc2ccccc12)C1CCC1. The average molecular weight is 241 g/mol. The minimum Gasteiger partial charge on any atom is -0.371 e. The normalized spacial score (nSPS) is 15.7. The number of pyridine rings is 1. The highest BCUT2D eigenvalue weighted by Gasteiger charge is 2.24. The number of hydrogen-bond acceptors (Lipinski definition) is 3. The number of rotatable bonds is 3. The molecular weight excluding hydrogens is 222 g/mol. The minimum absolute atomic E-state index is 0.546. The Balaban J connectivity index is 2.16. The van der Waals surface area contributed by atoms with Crippen molar-refractivity contribution >= 4 is 16.6 Å². The van der Waals surface area contributed by atoms with Crippen LogP contribution in [-0.4, -0.2) is 18.1 Å². The van der Waals surface area contributed by atoms with Crippen LogP contribution in [0.4, 0.5) is 5.69 Å². The fraction of sp³-hybridized carbons (Fsp3) is 0.400. The monoisotopic (exact) mass is 241 g/mol. The van der Waals surface area contributed by atoms with Gasteiger partial charge < -0.3 is 10.6 Å². The molecule has 0 bridgehead atoms. The summed E-state index contributed by atoms with van der Waals surface area (Å²) in [6.45, 7) is 0.546. The molecule has 1 fully saturated rings. The molecule has 18 heavy (non-hydrogen) atoms. The van der Waals surface area contributed by atoms with E-state index in [1.54, 1.807) is 0 Å². The molecule has 94 valence electrons. The summed E-state index contributed by atoms with van der Waals surface area (Å²) in [5.74, 6) is 0. The Labute approximate surface area is 108 Å². The van der Waals surface area contributed by atoms with Gasteiger partial charge in [0.25, 0.3) is 0 Å². The summed E-state index contributed by atoms with van der Waals surface area (Å²) in [4.78, 5) is 6.89. The first-order chi connectivity index (χ1) is 8.81. The molecule has 1 aliphatic rings. The lowest BCUT2D eigenvalue weighted by Gasteiger charge is -2.37. The fourth-order valence-electron chi connectivity index (χ4n) is 2.69. The maximum absolute atomic E-state index is 5.87. The maximum Gasteiger partial charge on any atom is 0.0723 e. The number of para-hydroxylation sites is 1. The van der Waals surface area contributed by atoms with Crippen LogP contribution in [0.15, 0.2) is 30.5 Å². The van der Waals surface area contributed by atoms with E-state index in [2.05, 4.69) is 35.1 Å². The second-order valence-corrected chi connectivity index (χ2v) is 5.05. The topological polar surface area (TPSA) is 42.1 Å². The Morgan fingerprint density at radius 1 is 1.33 bits per heavy atom. The van der Waals surface area contributed by atoms with E-state index in [1.165, 1.54) is 30.3 Å². The van der Waals surface area contributed by atoms with E-state index in [-0.39, 0.29) is 0 Å². The lowest BCUT2D eigenvalue weighted by molar-refractivity contribution is 0.401. The number of benzene rings is 1. The van der Waals surface area contributed by atoms with E-state index in [4.69, 9.17) is 5.73 Å². The smallest absolute Gasteiger partial charge is 0.0723 e. The molecule has 0 spiro atoms. The van der Waals surface area contributed by atoms with Gasteiger partial charge in [-0.1, -0.05) is 18.2 Å². The van der Waals surface area contributed by atoms with E-state index >= 15 is 0 Å². The van der Waals surface area contributed by atoms with Crippen molar-refractivity contribution in [2.45, 2.75) is 31.8 Å². The number of aromatic nitrogens is 1. The fourth-order valence-corrected chi connectivity index (χ4v) is 2.69. The summed E-state index contributed by atoms with van der Waals surface area (Å²) in [7, 11) is 2.19. The zero-order chi connectivity index (χ0) is 12.5. The molecule has 2 N–H and O–H groups in total. The van der Waals surface area contributed by atoms with Gasteiger partial charge in [-0.05, 0) is 25.3 Å². The first-order valence-corrected chi connectivity index (χ1v) is 6.61. The Hall–Kier alpha value is -1.61. The molecule has 0 radical (unpaired) electrons. The van der Waals surface area contributed by atoms with Crippen LogP contribution in [0.2, 0.25) is 0 Å². The van der Waals surface area contributed by atoms with Crippen LogP contribution >= 0.6 is 0 Å². The Bertz CT molecular complexity index is 561. The van der Waals surface area contributed by atoms with Crippen LogP contribution in [-0.2, 0) is 6.54 Å². The standard InChI is InChI=1S/C15H19N3/c1-18(12-5-4-6-12)15-11(9-16)10-17-14-8-3-2-7-13(14)15/h2-3,7-8,10,12H,4-6,9,16H2,1H3. The van der Waals surface area contributed by atoms with E-state index in [1.807, 2.05) is 12.3 Å². The minimum atomic E-state index is 0.546. The van der Waals surface area contributed by atoms with Gasteiger partial charge in [0.1, 0.15) is 0 Å². The van der Waals surface area contributed by atoms with Gasteiger partial charge in [-0.25, -0.2) is 0 Å². The van der Waals surface area contributed by atoms with E-state index in [0.29, 0.717) is 12.6 Å². The number of hydrogen-bond donors (Lipinski definition) is 1. The van der Waals surface area contributed by atoms with Crippen LogP contribution in [0.5, 0.6) is 0 Å². The highest BCUT2D eigenvalue weighted by atomic mass is 15.1. The van der Waals surface area contributed by atoms with Crippen molar-refractivity contribution in [3.63, 3.8) is 0 Å². The molecule has 0 unspecified atom stereocenters. The zero-order valence-electron chi connectivity index (χ0n) is 10.8. The summed E-state index contributed by atoms with van der Waals surface area (Å²) in [5.41, 5.74) is 9.34. The molecule has 1 heterocycles. The summed E-state index contributed by atoms with van der Waals surface area (Å²) in [6.07, 6.45) is 5.84. The molecule has 3 nitrogen and oxygen atoms in total. The number of nitrogens with zero attached hydrogens (tertiary/aromatic N) is 2. The van der Waals surface area contributed by atoms with Gasteiger partial charge in [-0.3, -0.25) is 4.98 Å². The molecule has 1 saturated carbocycles. The first kappa shape index (κ1) is 11.5. The van der Waals surface area contributed by atoms with Crippen LogP contribution in [0.3, 0.4) is 0 Å². The highest BCUT2D eigenvalue weighted by Crippen LogP contribution is 2.34. The number of anilines is 1. The van der Waals surface area contributed by atoms with Gasteiger partial charge in [0.2, 0.25) is 0 Å². The Kier molecular flexibility index (Phi) is 2.92. The summed E-state index contributed by atoms with van der Waals surface area (Å²) in [5, 5.41) is 1.22. The van der Waals surface area contributed by atoms with Crippen molar-refractivity contribution in [2.75, 3.05) is 11.9 Å². The maximum atomic E-state index is 5.87. The predicted octanol–water partition coefficient (Wildman–Crippen LogP) is 2.68. The molecule has 0 atom stereocenters. The van der Waals surface area contributed by atoms with Gasteiger partial charge in [-0.15, -0.1) is 0 Å². The molecule has 3 rings (SSSR count). The predicted molar refractivity (Wildman–Crippen MR) is 75.7 cm³/mol. The molecule has 3 heteroatoms. The third-order valence-electron chi connectivity index (χ3n) is 4.02. The quantitative estimate of drug-likeness (QED) is 0.898. The van der Waals surface area contributed by atoms with Crippen molar-refractivity contribution < 1.29 is 0 Å². The molecule has 1 aromatic carbocycles. The molecule has 0 aliphatic heterocycles. The van der Waals surface area contributed by atoms with E-state index < -0.39 is 0 Å². The van der Waals surface area contributed by atoms with Crippen LogP contribution in [0.25, 0.3) is 10.9 Å². The zero-order valence-corrected chi connectivity index (χ0v) is 10.8. The van der Waals surface area contributed by atoms with Crippen molar-refractivity contribution in [3.8, 4) is 0 Å². The highest BCUT2D eigenvalue weighted by molar-refractivity contribution is 5.93. The van der Waals surface area contributed by atoms with Crippen LogP contribution in [0, 0.1) is 0 Å². The van der Waals surface area contributed by atoms with Crippen molar-refractivity contribution in [1.29, 1.82) is 0 Å². The molecule has 0 saturated heterocycles. The van der Waals surface area contributed by atoms with Gasteiger partial charge in [0.15, 0.2) is 0 Å². The summed E-state index contributed by atoms with van der Waals surface area (Å²) >= 11 is 0. The first-order valence-electron chi connectivity index (χ1n) is 6.61. The third-order valence-corrected chi connectivity index (χ3v) is 4.02. The summed E-state index contributed by atoms with van der Waals surface area (Å²) in [6, 6.07) is 8.98. The van der Waals surface area contributed by atoms with Crippen molar-refractivity contribution in [1.82, 2.24) is 4.98 Å². The molecule has 0 amide bonds. The van der Waals surface area contributed by atoms with Crippen molar-refractivity contribution in [3.05, 3.63) is 36.0 Å². The van der Waals surface area contributed by atoms with Gasteiger partial charge in [0, 0.05) is 36.8 Å². The van der Waals surface area contributed by atoms with E-state index in [9.17, 15) is 0 Å². The lowest BCUT2D eigenvalue weighted by Crippen LogP contribution is -2.38. The lowest BCUT2D eigenvalue weighted by atomic mass is 9.90. The third kappa shape index (κ3) is 1.75. The van der Waals surface area contributed by atoms with Gasteiger partial charge in [-0.2, -0.15) is 0 Å². The number of nitrogens with two attached hydrogens (primary N) is 1. The van der Waals surface area contributed by atoms with Gasteiger partial charge in [0.05, 0.1) is 11.2 Å². The molecule has 1 aromatic heterocycles. The van der Waals surface area contributed by atoms with Crippen LogP contribution in [0.1, 0.15) is 24.8 Å². The summed E-state index contributed by atoms with van der Waals surface area (Å²) < 4.78 is 0. The van der Waals surface area contributed by atoms with Crippen LogP contribution < -0.4 is 10.6 Å². The van der Waals surface area contributed by atoms with Crippen molar-refractivity contribution in [2.24, 2.45) is 5.73 Å². The van der Waals surface area contributed by atoms with E-state index in [0.717, 1.165) is 11.1 Å². The van der Waals surface area contributed by atoms with Gasteiger partial charge >= 0.3 is 0 Å². The molecule has 1 aliphatic carbocycles. The second-order valence-electron chi connectivity index (χ2n) is 5.05. The number of fused-ring (bicyclic) bond motifs is 1.